The minimum atomic E-state index is -4.80. The van der Waals surface area contributed by atoms with E-state index < -0.39 is 33.3 Å². The average molecular weight is 485 g/mol. The fourth-order valence-electron chi connectivity index (χ4n) is 4.03. The van der Waals surface area contributed by atoms with Crippen LogP contribution in [0.1, 0.15) is 25.3 Å². The van der Waals surface area contributed by atoms with Crippen molar-refractivity contribution < 1.29 is 22.9 Å². The molecule has 1 aliphatic carbocycles. The molecule has 0 radical (unpaired) electrons. The third-order valence-electron chi connectivity index (χ3n) is 5.74. The second-order valence-corrected chi connectivity index (χ2v) is 9.04. The Bertz CT molecular complexity index is 1140. The lowest BCUT2D eigenvalue weighted by Gasteiger charge is -2.38. The van der Waals surface area contributed by atoms with Gasteiger partial charge in [0.2, 0.25) is 0 Å². The number of aromatic nitrogens is 1. The second-order valence-electron chi connectivity index (χ2n) is 8.07. The van der Waals surface area contributed by atoms with Crippen molar-refractivity contribution in [2.45, 2.75) is 25.9 Å². The number of fused-ring (bicyclic) bond motifs is 1. The molecule has 13 heteroatoms. The standard InChI is InChI=1S/C20H22F3N5O4S/c1-2-32-25-14-7-12(8-14)11-26-3-5-27(6-4-26)19-24-18(29)15-9-13(20(21,22)23)10-16(28(30)31)17(15)33-19/h9-10,12H,2-8,11H2,1H3. The van der Waals surface area contributed by atoms with E-state index in [2.05, 4.69) is 15.0 Å². The van der Waals surface area contributed by atoms with Crippen LogP contribution in [0.5, 0.6) is 0 Å². The van der Waals surface area contributed by atoms with Gasteiger partial charge in [0.05, 0.1) is 21.6 Å². The quantitative estimate of drug-likeness (QED) is 0.456. The molecule has 2 heterocycles. The zero-order valence-corrected chi connectivity index (χ0v) is 18.6. The summed E-state index contributed by atoms with van der Waals surface area (Å²) >= 11 is 0.878. The summed E-state index contributed by atoms with van der Waals surface area (Å²) in [5.74, 6) is 0.524. The van der Waals surface area contributed by atoms with Crippen LogP contribution in [0.2, 0.25) is 0 Å². The topological polar surface area (TPSA) is 101 Å². The Balaban J connectivity index is 1.48. The Morgan fingerprint density at radius 1 is 1.27 bits per heavy atom. The highest BCUT2D eigenvalue weighted by Crippen LogP contribution is 2.38. The number of rotatable bonds is 6. The Hall–Kier alpha value is -2.80. The molecule has 0 atom stereocenters. The molecular formula is C20H22F3N5O4S. The molecule has 33 heavy (non-hydrogen) atoms. The van der Waals surface area contributed by atoms with E-state index in [1.807, 2.05) is 11.8 Å². The van der Waals surface area contributed by atoms with Crippen molar-refractivity contribution in [3.63, 3.8) is 0 Å². The van der Waals surface area contributed by atoms with Crippen LogP contribution >= 0.6 is 11.3 Å². The van der Waals surface area contributed by atoms with Gasteiger partial charge in [-0.2, -0.15) is 18.2 Å². The van der Waals surface area contributed by atoms with E-state index in [9.17, 15) is 28.1 Å². The number of non-ortho nitro benzene ring substituents is 1. The zero-order chi connectivity index (χ0) is 23.8. The van der Waals surface area contributed by atoms with Gasteiger partial charge in [-0.1, -0.05) is 16.5 Å². The molecule has 2 aliphatic rings. The molecule has 4 rings (SSSR count). The van der Waals surface area contributed by atoms with Gasteiger partial charge in [0, 0.05) is 38.8 Å². The molecular weight excluding hydrogens is 463 g/mol. The molecule has 0 amide bonds. The van der Waals surface area contributed by atoms with Gasteiger partial charge in [-0.15, -0.1) is 0 Å². The van der Waals surface area contributed by atoms with E-state index in [1.165, 1.54) is 0 Å². The predicted octanol–water partition coefficient (Wildman–Crippen LogP) is 3.51. The molecule has 0 unspecified atom stereocenters. The van der Waals surface area contributed by atoms with Gasteiger partial charge in [-0.3, -0.25) is 19.8 Å². The van der Waals surface area contributed by atoms with E-state index in [1.54, 1.807) is 0 Å². The SMILES string of the molecule is CCON=C1CC(CN2CCN(c3nc(=O)c4cc(C(F)(F)F)cc([N+](=O)[O-])c4s3)CC2)C1. The van der Waals surface area contributed by atoms with E-state index in [4.69, 9.17) is 4.84 Å². The molecule has 9 nitrogen and oxygen atoms in total. The molecule has 0 spiro atoms. The number of oxime groups is 1. The Morgan fingerprint density at radius 2 is 1.97 bits per heavy atom. The van der Waals surface area contributed by atoms with Crippen LogP contribution in [-0.4, -0.2) is 59.8 Å². The summed E-state index contributed by atoms with van der Waals surface area (Å²) in [6.45, 7) is 5.95. The monoisotopic (exact) mass is 485 g/mol. The van der Waals surface area contributed by atoms with Crippen molar-refractivity contribution in [3.8, 4) is 0 Å². The smallest absolute Gasteiger partial charge is 0.396 e. The fourth-order valence-corrected chi connectivity index (χ4v) is 5.15. The number of hydrogen-bond donors (Lipinski definition) is 0. The Morgan fingerprint density at radius 3 is 2.58 bits per heavy atom. The lowest BCUT2D eigenvalue weighted by molar-refractivity contribution is -0.383. The van der Waals surface area contributed by atoms with E-state index >= 15 is 0 Å². The molecule has 1 saturated carbocycles. The first-order valence-corrected chi connectivity index (χ1v) is 11.3. The summed E-state index contributed by atoms with van der Waals surface area (Å²) in [6, 6.07) is 1.11. The number of nitrogens with zero attached hydrogens (tertiary/aromatic N) is 5. The summed E-state index contributed by atoms with van der Waals surface area (Å²) in [5.41, 5.74) is -1.80. The first-order valence-electron chi connectivity index (χ1n) is 10.5. The number of halogens is 3. The van der Waals surface area contributed by atoms with Crippen LogP contribution in [-0.2, 0) is 11.0 Å². The third kappa shape index (κ3) is 5.08. The molecule has 178 valence electrons. The van der Waals surface area contributed by atoms with E-state index in [0.717, 1.165) is 49.5 Å². The molecule has 0 bridgehead atoms. The number of piperazine rings is 1. The largest absolute Gasteiger partial charge is 0.416 e. The number of benzene rings is 1. The number of nitro benzene ring substituents is 1. The van der Waals surface area contributed by atoms with E-state index in [0.29, 0.717) is 37.7 Å². The minimum Gasteiger partial charge on any atom is -0.396 e. The van der Waals surface area contributed by atoms with Crippen molar-refractivity contribution >= 4 is 38.0 Å². The van der Waals surface area contributed by atoms with Gasteiger partial charge in [0.25, 0.3) is 11.2 Å². The van der Waals surface area contributed by atoms with Gasteiger partial charge in [-0.05, 0) is 31.7 Å². The fraction of sp³-hybridized carbons (Fsp3) is 0.550. The third-order valence-corrected chi connectivity index (χ3v) is 6.91. The van der Waals surface area contributed by atoms with Gasteiger partial charge in [0.1, 0.15) is 11.3 Å². The number of hydrogen-bond acceptors (Lipinski definition) is 9. The lowest BCUT2D eigenvalue weighted by Crippen LogP contribution is -2.49. The van der Waals surface area contributed by atoms with Crippen LogP contribution in [0.25, 0.3) is 10.1 Å². The molecule has 1 saturated heterocycles. The van der Waals surface area contributed by atoms with Gasteiger partial charge in [-0.25, -0.2) is 0 Å². The number of anilines is 1. The second kappa shape index (κ2) is 9.21. The van der Waals surface area contributed by atoms with E-state index in [-0.39, 0.29) is 9.83 Å². The van der Waals surface area contributed by atoms with Crippen molar-refractivity contribution in [1.82, 2.24) is 9.88 Å². The minimum absolute atomic E-state index is 0.0963. The molecule has 1 aromatic carbocycles. The van der Waals surface area contributed by atoms with Crippen molar-refractivity contribution in [1.29, 1.82) is 0 Å². The van der Waals surface area contributed by atoms with Gasteiger partial charge < -0.3 is 9.74 Å². The highest BCUT2D eigenvalue weighted by atomic mass is 32.1. The van der Waals surface area contributed by atoms with Crippen LogP contribution in [0, 0.1) is 16.0 Å². The van der Waals surface area contributed by atoms with Crippen LogP contribution in [0.3, 0.4) is 0 Å². The Labute approximate surface area is 190 Å². The maximum absolute atomic E-state index is 13.1. The normalized spacial score (nSPS) is 19.5. The maximum atomic E-state index is 13.1. The predicted molar refractivity (Wildman–Crippen MR) is 118 cm³/mol. The van der Waals surface area contributed by atoms with Crippen LogP contribution in [0.4, 0.5) is 24.0 Å². The van der Waals surface area contributed by atoms with Crippen LogP contribution in [0.15, 0.2) is 22.1 Å². The zero-order valence-electron chi connectivity index (χ0n) is 17.8. The highest BCUT2D eigenvalue weighted by molar-refractivity contribution is 7.22. The molecule has 2 fully saturated rings. The molecule has 0 N–H and O–H groups in total. The summed E-state index contributed by atoms with van der Waals surface area (Å²) in [7, 11) is 0. The lowest BCUT2D eigenvalue weighted by atomic mass is 9.83. The van der Waals surface area contributed by atoms with Crippen molar-refractivity contribution in [2.24, 2.45) is 11.1 Å². The Kier molecular flexibility index (Phi) is 6.52. The first kappa shape index (κ1) is 23.4. The first-order chi connectivity index (χ1) is 15.7. The summed E-state index contributed by atoms with van der Waals surface area (Å²) in [6.07, 6.45) is -2.98. The maximum Gasteiger partial charge on any atom is 0.416 e. The van der Waals surface area contributed by atoms with Crippen molar-refractivity contribution in [2.75, 3.05) is 44.2 Å². The van der Waals surface area contributed by atoms with Gasteiger partial charge >= 0.3 is 6.18 Å². The summed E-state index contributed by atoms with van der Waals surface area (Å²) < 4.78 is 39.3. The highest BCUT2D eigenvalue weighted by Gasteiger charge is 2.35. The summed E-state index contributed by atoms with van der Waals surface area (Å²) in [4.78, 5) is 36.2. The van der Waals surface area contributed by atoms with Gasteiger partial charge in [0.15, 0.2) is 5.13 Å². The van der Waals surface area contributed by atoms with Crippen molar-refractivity contribution in [3.05, 3.63) is 38.2 Å². The average Bonchev–Trinajstić information content (AvgIpc) is 2.74. The molecule has 2 aromatic rings. The van der Waals surface area contributed by atoms with Crippen LogP contribution < -0.4 is 10.5 Å². The number of alkyl halides is 3. The molecule has 1 aromatic heterocycles. The summed E-state index contributed by atoms with van der Waals surface area (Å²) in [5, 5.41) is 15.4. The molecule has 1 aliphatic heterocycles. The number of nitro groups is 1.